The number of hydrogen-bond donors (Lipinski definition) is 1. The third-order valence-electron chi connectivity index (χ3n) is 3.82. The fourth-order valence-electron chi connectivity index (χ4n) is 2.47. The predicted octanol–water partition coefficient (Wildman–Crippen LogP) is 3.42. The van der Waals surface area contributed by atoms with Gasteiger partial charge in [0, 0.05) is 9.58 Å². The Morgan fingerprint density at radius 3 is 2.72 bits per heavy atom. The zero-order chi connectivity index (χ0) is 12.8. The van der Waals surface area contributed by atoms with Crippen LogP contribution in [0.15, 0.2) is 24.3 Å². The number of carboxylic acids is 1. The number of carboxylic acid groups (broad SMARTS) is 1. The van der Waals surface area contributed by atoms with Crippen LogP contribution in [0.4, 0.5) is 0 Å². The van der Waals surface area contributed by atoms with Crippen molar-refractivity contribution in [3.63, 3.8) is 0 Å². The van der Waals surface area contributed by atoms with Crippen LogP contribution in [0.3, 0.4) is 0 Å². The number of benzene rings is 1. The quantitative estimate of drug-likeness (QED) is 0.922. The van der Waals surface area contributed by atoms with Gasteiger partial charge in [-0.1, -0.05) is 6.42 Å². The van der Waals surface area contributed by atoms with Crippen LogP contribution in [-0.2, 0) is 10.2 Å². The summed E-state index contributed by atoms with van der Waals surface area (Å²) in [6.45, 7) is 0. The van der Waals surface area contributed by atoms with Crippen LogP contribution in [0.5, 0.6) is 5.75 Å². The fraction of sp³-hybridized carbons (Fsp3) is 0.357. The first-order valence-corrected chi connectivity index (χ1v) is 6.79. The normalized spacial score (nSPS) is 17.4. The van der Waals surface area contributed by atoms with Gasteiger partial charge >= 0.3 is 5.97 Å². The van der Waals surface area contributed by atoms with E-state index in [0.29, 0.717) is 0 Å². The fourth-order valence-corrected chi connectivity index (χ4v) is 3.80. The van der Waals surface area contributed by atoms with Crippen molar-refractivity contribution in [2.75, 3.05) is 7.11 Å². The first-order chi connectivity index (χ1) is 8.65. The molecule has 0 spiro atoms. The maximum atomic E-state index is 11.5. The van der Waals surface area contributed by atoms with Crippen molar-refractivity contribution in [1.82, 2.24) is 0 Å². The van der Waals surface area contributed by atoms with Gasteiger partial charge in [0.05, 0.1) is 7.11 Å². The Labute approximate surface area is 109 Å². The molecule has 0 aliphatic heterocycles. The molecule has 1 aliphatic rings. The minimum Gasteiger partial charge on any atom is -0.497 e. The van der Waals surface area contributed by atoms with Gasteiger partial charge in [-0.2, -0.15) is 0 Å². The van der Waals surface area contributed by atoms with Crippen LogP contribution in [0.25, 0.3) is 10.1 Å². The van der Waals surface area contributed by atoms with Gasteiger partial charge in [-0.15, -0.1) is 11.3 Å². The zero-order valence-electron chi connectivity index (χ0n) is 10.1. The molecule has 3 nitrogen and oxygen atoms in total. The lowest BCUT2D eigenvalue weighted by atomic mass is 9.68. The van der Waals surface area contributed by atoms with Crippen molar-refractivity contribution in [1.29, 1.82) is 0 Å². The SMILES string of the molecule is COc1ccc2cc(C3(C(=O)O)CCC3)sc2c1. The van der Waals surface area contributed by atoms with Gasteiger partial charge in [0.2, 0.25) is 0 Å². The van der Waals surface area contributed by atoms with E-state index in [-0.39, 0.29) is 0 Å². The van der Waals surface area contributed by atoms with Crippen molar-refractivity contribution in [2.45, 2.75) is 24.7 Å². The number of aliphatic carboxylic acids is 1. The van der Waals surface area contributed by atoms with Gasteiger partial charge in [-0.3, -0.25) is 4.79 Å². The molecule has 1 saturated carbocycles. The number of carbonyl (C=O) groups is 1. The molecule has 94 valence electrons. The molecule has 4 heteroatoms. The lowest BCUT2D eigenvalue weighted by molar-refractivity contribution is -0.147. The second kappa shape index (κ2) is 3.99. The number of methoxy groups -OCH3 is 1. The Bertz CT molecular complexity index is 611. The number of thiophene rings is 1. The highest BCUT2D eigenvalue weighted by Gasteiger charge is 2.47. The Balaban J connectivity index is 2.10. The van der Waals surface area contributed by atoms with E-state index in [2.05, 4.69) is 0 Å². The molecule has 0 radical (unpaired) electrons. The maximum Gasteiger partial charge on any atom is 0.314 e. The number of rotatable bonds is 3. The molecule has 1 N–H and O–H groups in total. The summed E-state index contributed by atoms with van der Waals surface area (Å²) in [4.78, 5) is 12.5. The summed E-state index contributed by atoms with van der Waals surface area (Å²) in [5.41, 5.74) is -0.628. The molecule has 1 aromatic carbocycles. The number of hydrogen-bond acceptors (Lipinski definition) is 3. The molecule has 0 atom stereocenters. The molecular formula is C14H14O3S. The predicted molar refractivity (Wildman–Crippen MR) is 71.5 cm³/mol. The standard InChI is InChI=1S/C14H14O3S/c1-17-10-4-3-9-7-12(18-11(9)8-10)14(13(15)16)5-2-6-14/h3-4,7-8H,2,5-6H2,1H3,(H,15,16). The Morgan fingerprint density at radius 2 is 2.17 bits per heavy atom. The Kier molecular flexibility index (Phi) is 2.55. The monoisotopic (exact) mass is 262 g/mol. The highest BCUT2D eigenvalue weighted by Crippen LogP contribution is 2.48. The summed E-state index contributed by atoms with van der Waals surface area (Å²) < 4.78 is 6.29. The average Bonchev–Trinajstić information content (AvgIpc) is 2.69. The Morgan fingerprint density at radius 1 is 1.39 bits per heavy atom. The summed E-state index contributed by atoms with van der Waals surface area (Å²) in [5, 5.41) is 10.5. The van der Waals surface area contributed by atoms with E-state index >= 15 is 0 Å². The van der Waals surface area contributed by atoms with E-state index in [4.69, 9.17) is 4.74 Å². The van der Waals surface area contributed by atoms with E-state index in [1.54, 1.807) is 18.4 Å². The van der Waals surface area contributed by atoms with E-state index in [1.165, 1.54) is 0 Å². The largest absolute Gasteiger partial charge is 0.497 e. The highest BCUT2D eigenvalue weighted by molar-refractivity contribution is 7.19. The minimum absolute atomic E-state index is 0.628. The first kappa shape index (κ1) is 11.5. The van der Waals surface area contributed by atoms with Crippen LogP contribution in [0.1, 0.15) is 24.1 Å². The van der Waals surface area contributed by atoms with Gasteiger partial charge < -0.3 is 9.84 Å². The highest BCUT2D eigenvalue weighted by atomic mass is 32.1. The molecule has 0 unspecified atom stereocenters. The molecule has 0 saturated heterocycles. The average molecular weight is 262 g/mol. The summed E-state index contributed by atoms with van der Waals surface area (Å²) in [5.74, 6) is 0.126. The van der Waals surface area contributed by atoms with E-state index in [9.17, 15) is 9.90 Å². The van der Waals surface area contributed by atoms with Crippen LogP contribution < -0.4 is 4.74 Å². The van der Waals surface area contributed by atoms with Gasteiger partial charge in [-0.25, -0.2) is 0 Å². The zero-order valence-corrected chi connectivity index (χ0v) is 10.9. The smallest absolute Gasteiger partial charge is 0.314 e. The van der Waals surface area contributed by atoms with Gasteiger partial charge in [0.15, 0.2) is 0 Å². The summed E-state index contributed by atoms with van der Waals surface area (Å²) in [6, 6.07) is 7.89. The van der Waals surface area contributed by atoms with Crippen LogP contribution >= 0.6 is 11.3 Å². The summed E-state index contributed by atoms with van der Waals surface area (Å²) >= 11 is 1.58. The van der Waals surface area contributed by atoms with Crippen molar-refractivity contribution in [2.24, 2.45) is 0 Å². The molecule has 1 aromatic heterocycles. The topological polar surface area (TPSA) is 46.5 Å². The molecule has 2 aromatic rings. The van der Waals surface area contributed by atoms with Gasteiger partial charge in [0.1, 0.15) is 11.2 Å². The second-order valence-electron chi connectivity index (χ2n) is 4.76. The van der Waals surface area contributed by atoms with E-state index in [0.717, 1.165) is 40.0 Å². The maximum absolute atomic E-state index is 11.5. The van der Waals surface area contributed by atoms with E-state index < -0.39 is 11.4 Å². The molecule has 3 rings (SSSR count). The lowest BCUT2D eigenvalue weighted by Gasteiger charge is -2.36. The Hall–Kier alpha value is -1.55. The van der Waals surface area contributed by atoms with Crippen molar-refractivity contribution in [3.05, 3.63) is 29.1 Å². The second-order valence-corrected chi connectivity index (χ2v) is 5.84. The summed E-state index contributed by atoms with van der Waals surface area (Å²) in [7, 11) is 1.64. The number of ether oxygens (including phenoxy) is 1. The molecular weight excluding hydrogens is 248 g/mol. The molecule has 0 bridgehead atoms. The van der Waals surface area contributed by atoms with Crippen LogP contribution in [0.2, 0.25) is 0 Å². The minimum atomic E-state index is -0.688. The first-order valence-electron chi connectivity index (χ1n) is 5.97. The van der Waals surface area contributed by atoms with Crippen LogP contribution in [-0.4, -0.2) is 18.2 Å². The van der Waals surface area contributed by atoms with Gasteiger partial charge in [0.25, 0.3) is 0 Å². The van der Waals surface area contributed by atoms with Crippen molar-refractivity contribution >= 4 is 27.4 Å². The summed E-state index contributed by atoms with van der Waals surface area (Å²) in [6.07, 6.45) is 2.52. The van der Waals surface area contributed by atoms with Crippen LogP contribution in [0, 0.1) is 0 Å². The van der Waals surface area contributed by atoms with Crippen molar-refractivity contribution in [3.8, 4) is 5.75 Å². The molecule has 1 aliphatic carbocycles. The molecule has 1 fully saturated rings. The third kappa shape index (κ3) is 1.52. The molecule has 18 heavy (non-hydrogen) atoms. The van der Waals surface area contributed by atoms with Crippen molar-refractivity contribution < 1.29 is 14.6 Å². The molecule has 1 heterocycles. The van der Waals surface area contributed by atoms with Gasteiger partial charge in [-0.05, 0) is 42.5 Å². The lowest BCUT2D eigenvalue weighted by Crippen LogP contribution is -2.41. The number of fused-ring (bicyclic) bond motifs is 1. The third-order valence-corrected chi connectivity index (χ3v) is 5.12. The molecule has 0 amide bonds. The van der Waals surface area contributed by atoms with E-state index in [1.807, 2.05) is 24.3 Å².